The van der Waals surface area contributed by atoms with Crippen LogP contribution in [0, 0.1) is 23.2 Å². The summed E-state index contributed by atoms with van der Waals surface area (Å²) >= 11 is 0. The molecule has 1 aliphatic heterocycles. The lowest BCUT2D eigenvalue weighted by molar-refractivity contribution is -0.239. The van der Waals surface area contributed by atoms with Crippen molar-refractivity contribution in [2.24, 2.45) is 23.2 Å². The average Bonchev–Trinajstić information content (AvgIpc) is 3.48. The molecule has 1 saturated heterocycles. The normalized spacial score (nSPS) is 35.9. The summed E-state index contributed by atoms with van der Waals surface area (Å²) in [5, 5.41) is 0. The highest BCUT2D eigenvalue weighted by Crippen LogP contribution is 2.70. The van der Waals surface area contributed by atoms with Crippen molar-refractivity contribution in [3.63, 3.8) is 0 Å². The van der Waals surface area contributed by atoms with Crippen LogP contribution in [0.1, 0.15) is 92.4 Å². The molecule has 3 aliphatic carbocycles. The summed E-state index contributed by atoms with van der Waals surface area (Å²) in [6.07, 6.45) is -3.21. The number of fused-ring (bicyclic) bond motifs is 1. The monoisotopic (exact) mass is 770 g/mol. The molecule has 1 aromatic carbocycles. The first-order chi connectivity index (χ1) is 25.6. The van der Waals surface area contributed by atoms with E-state index in [-0.39, 0.29) is 18.6 Å². The Morgan fingerprint density at radius 3 is 1.93 bits per heavy atom. The maximum Gasteiger partial charge on any atom is 0.338 e. The van der Waals surface area contributed by atoms with Gasteiger partial charge in [-0.05, 0) is 45.9 Å². The number of hydrogen-bond donors (Lipinski definition) is 0. The second kappa shape index (κ2) is 14.7. The van der Waals surface area contributed by atoms with Crippen molar-refractivity contribution in [3.8, 4) is 0 Å². The lowest BCUT2D eigenvalue weighted by Gasteiger charge is -2.53. The van der Waals surface area contributed by atoms with Gasteiger partial charge in [0.2, 0.25) is 0 Å². The van der Waals surface area contributed by atoms with Crippen LogP contribution in [0.5, 0.6) is 0 Å². The van der Waals surface area contributed by atoms with E-state index in [1.165, 1.54) is 32.9 Å². The number of carbonyl (C=O) groups excluding carboxylic acids is 7. The Labute approximate surface area is 319 Å². The zero-order valence-electron chi connectivity index (χ0n) is 32.8. The third-order valence-electron chi connectivity index (χ3n) is 11.4. The van der Waals surface area contributed by atoms with Gasteiger partial charge in [-0.1, -0.05) is 31.2 Å². The smallest absolute Gasteiger partial charge is 0.338 e. The van der Waals surface area contributed by atoms with E-state index in [2.05, 4.69) is 0 Å². The lowest BCUT2D eigenvalue weighted by atomic mass is 9.53. The van der Waals surface area contributed by atoms with Gasteiger partial charge in [-0.2, -0.15) is 0 Å². The molecular weight excluding hydrogens is 720 g/mol. The average molecular weight is 771 g/mol. The molecule has 1 heterocycles. The molecule has 0 spiro atoms. The Balaban J connectivity index is 1.97. The molecule has 15 nitrogen and oxygen atoms in total. The van der Waals surface area contributed by atoms with Crippen LogP contribution >= 0.6 is 0 Å². The number of ether oxygens (including phenoxy) is 8. The van der Waals surface area contributed by atoms with Crippen molar-refractivity contribution in [1.29, 1.82) is 0 Å². The lowest BCUT2D eigenvalue weighted by Crippen LogP contribution is -2.64. The molecule has 0 unspecified atom stereocenters. The van der Waals surface area contributed by atoms with Crippen molar-refractivity contribution in [1.82, 2.24) is 0 Å². The fraction of sp³-hybridized carbons (Fsp3) is 0.625. The first-order valence-electron chi connectivity index (χ1n) is 18.3. The Kier molecular flexibility index (Phi) is 11.1. The standard InChI is InChI=1S/C40H50O15/c1-11-29(46)51-32-30-33(50-22(3)42)39-20-48-38(10,31(39)27(36(7,8)53-23(4)43)17-18-28(39)49-21(2)41)35(52-34(47)26-15-13-12-14-16-26)40(30,55-25(6)45)19-37(32,9)54-24(5)44/h12-18,27-28,30-33,35H,11,19-20H2,1-10H3/t27-,28+,30+,31-,32+,33+,35+,37+,38+,39+,40+/m0/s1. The molecule has 11 atom stereocenters. The summed E-state index contributed by atoms with van der Waals surface area (Å²) < 4.78 is 50.2. The van der Waals surface area contributed by atoms with E-state index in [0.717, 1.165) is 20.8 Å². The number of carbonyl (C=O) groups is 7. The van der Waals surface area contributed by atoms with Gasteiger partial charge in [0.05, 0.1) is 23.5 Å². The third-order valence-corrected chi connectivity index (χ3v) is 11.4. The van der Waals surface area contributed by atoms with Gasteiger partial charge < -0.3 is 37.9 Å². The van der Waals surface area contributed by atoms with Gasteiger partial charge in [-0.25, -0.2) is 4.79 Å². The van der Waals surface area contributed by atoms with E-state index in [0.29, 0.717) is 0 Å². The Morgan fingerprint density at radius 2 is 1.38 bits per heavy atom. The number of hydrogen-bond acceptors (Lipinski definition) is 15. The van der Waals surface area contributed by atoms with Gasteiger partial charge in [-0.3, -0.25) is 28.8 Å². The summed E-state index contributed by atoms with van der Waals surface area (Å²) in [6, 6.07) is 8.01. The minimum Gasteiger partial charge on any atom is -0.461 e. The molecule has 0 radical (unpaired) electrons. The molecule has 0 N–H and O–H groups in total. The van der Waals surface area contributed by atoms with E-state index < -0.39 is 118 Å². The van der Waals surface area contributed by atoms with Crippen LogP contribution in [0.4, 0.5) is 0 Å². The van der Waals surface area contributed by atoms with Gasteiger partial charge in [0.1, 0.15) is 23.4 Å². The predicted molar refractivity (Wildman–Crippen MR) is 188 cm³/mol. The molecule has 0 amide bonds. The van der Waals surface area contributed by atoms with Crippen LogP contribution in [0.3, 0.4) is 0 Å². The molecule has 5 rings (SSSR count). The van der Waals surface area contributed by atoms with Crippen LogP contribution in [0.2, 0.25) is 0 Å². The summed E-state index contributed by atoms with van der Waals surface area (Å²) in [5.74, 6) is -8.70. The Morgan fingerprint density at radius 1 is 0.764 bits per heavy atom. The molecule has 55 heavy (non-hydrogen) atoms. The van der Waals surface area contributed by atoms with Gasteiger partial charge >= 0.3 is 41.8 Å². The third kappa shape index (κ3) is 7.11. The minimum absolute atomic E-state index is 0.124. The Bertz CT molecular complexity index is 1770. The molecule has 15 heteroatoms. The maximum absolute atomic E-state index is 14.3. The van der Waals surface area contributed by atoms with Crippen LogP contribution in [-0.4, -0.2) is 95.2 Å². The zero-order chi connectivity index (χ0) is 40.9. The Hall–Kier alpha value is -4.79. The minimum atomic E-state index is -2.14. The van der Waals surface area contributed by atoms with E-state index in [9.17, 15) is 33.6 Å². The number of benzene rings is 1. The fourth-order valence-electron chi connectivity index (χ4n) is 10.0. The van der Waals surface area contributed by atoms with Gasteiger partial charge in [0, 0.05) is 59.3 Å². The zero-order valence-corrected chi connectivity index (χ0v) is 32.8. The van der Waals surface area contributed by atoms with E-state index in [4.69, 9.17) is 37.9 Å². The highest BCUT2D eigenvalue weighted by Gasteiger charge is 2.85. The highest BCUT2D eigenvalue weighted by molar-refractivity contribution is 5.89. The van der Waals surface area contributed by atoms with E-state index in [1.807, 2.05) is 0 Å². The molecule has 2 saturated carbocycles. The van der Waals surface area contributed by atoms with Crippen LogP contribution in [-0.2, 0) is 66.7 Å². The SMILES string of the molecule is CCC(=O)O[C@@H]1[C@@H]2[C@@H](OC(C)=O)[C@@]34CO[C@@](C)([C@@H](OC(=O)c5ccccc5)[C@@]2(OC(C)=O)C[C@@]1(C)OC(C)=O)[C@@H]3[C@@H](C(C)(C)OC(C)=O)C=C[C@H]4OC(C)=O. The van der Waals surface area contributed by atoms with E-state index in [1.54, 1.807) is 58.0 Å². The molecule has 1 aromatic rings. The molecular formula is C40H50O15. The first-order valence-corrected chi connectivity index (χ1v) is 18.3. The second-order valence-corrected chi connectivity index (χ2v) is 15.8. The van der Waals surface area contributed by atoms with Crippen molar-refractivity contribution in [2.45, 2.75) is 129 Å². The summed E-state index contributed by atoms with van der Waals surface area (Å²) in [7, 11) is 0. The van der Waals surface area contributed by atoms with Crippen molar-refractivity contribution in [2.75, 3.05) is 6.61 Å². The number of esters is 7. The van der Waals surface area contributed by atoms with Crippen molar-refractivity contribution < 1.29 is 71.5 Å². The fourth-order valence-corrected chi connectivity index (χ4v) is 10.0. The molecule has 0 aromatic heterocycles. The summed E-state index contributed by atoms with van der Waals surface area (Å²) in [4.78, 5) is 93.1. The van der Waals surface area contributed by atoms with Gasteiger partial charge in [0.15, 0.2) is 23.4 Å². The molecule has 300 valence electrons. The highest BCUT2D eigenvalue weighted by atomic mass is 16.6. The van der Waals surface area contributed by atoms with Crippen LogP contribution in [0.15, 0.2) is 42.5 Å². The number of rotatable bonds is 10. The van der Waals surface area contributed by atoms with Gasteiger partial charge in [0.25, 0.3) is 0 Å². The predicted octanol–water partition coefficient (Wildman–Crippen LogP) is 3.97. The second-order valence-electron chi connectivity index (χ2n) is 15.8. The molecule has 2 bridgehead atoms. The largest absolute Gasteiger partial charge is 0.461 e. The summed E-state index contributed by atoms with van der Waals surface area (Å²) in [5.41, 5.74) is -8.57. The van der Waals surface area contributed by atoms with Crippen molar-refractivity contribution in [3.05, 3.63) is 48.0 Å². The molecule has 4 aliphatic rings. The van der Waals surface area contributed by atoms with Crippen LogP contribution in [0.25, 0.3) is 0 Å². The maximum atomic E-state index is 14.3. The van der Waals surface area contributed by atoms with E-state index >= 15 is 0 Å². The quantitative estimate of drug-likeness (QED) is 0.188. The first kappa shape index (κ1) is 41.4. The topological polar surface area (TPSA) is 193 Å². The molecule has 3 fully saturated rings. The summed E-state index contributed by atoms with van der Waals surface area (Å²) in [6.45, 7) is 13.6. The van der Waals surface area contributed by atoms with Crippen molar-refractivity contribution >= 4 is 41.8 Å². The van der Waals surface area contributed by atoms with Gasteiger partial charge in [-0.15, -0.1) is 0 Å². The van der Waals surface area contributed by atoms with Crippen LogP contribution < -0.4 is 0 Å².